The summed E-state index contributed by atoms with van der Waals surface area (Å²) in [5.41, 5.74) is 1.13. The summed E-state index contributed by atoms with van der Waals surface area (Å²) >= 11 is 0. The fourth-order valence-corrected chi connectivity index (χ4v) is 2.11. The normalized spacial score (nSPS) is 10.4. The molecule has 0 fully saturated rings. The van der Waals surface area contributed by atoms with Gasteiger partial charge in [0.15, 0.2) is 0 Å². The number of ether oxygens (including phenoxy) is 1. The average Bonchev–Trinajstić information content (AvgIpc) is 2.54. The van der Waals surface area contributed by atoms with E-state index in [1.165, 1.54) is 0 Å². The number of methoxy groups -OCH3 is 1. The van der Waals surface area contributed by atoms with Crippen molar-refractivity contribution in [1.82, 2.24) is 9.97 Å². The standard InChI is InChI=1S/C16H22N4O/c1-3-20(14-8-5-4-6-9-14)16-12-15(18-13-19-16)17-10-7-11-21-2/h4-6,8-9,12-13H,3,7,10-11H2,1-2H3,(H,17,18,19). The third-order valence-electron chi connectivity index (χ3n) is 3.14. The van der Waals surface area contributed by atoms with Crippen LogP contribution in [0.3, 0.4) is 0 Å². The van der Waals surface area contributed by atoms with Gasteiger partial charge in [0.05, 0.1) is 0 Å². The quantitative estimate of drug-likeness (QED) is 0.756. The molecule has 1 N–H and O–H groups in total. The lowest BCUT2D eigenvalue weighted by Gasteiger charge is -2.22. The SMILES string of the molecule is CCN(c1ccccc1)c1cc(NCCCOC)ncn1. The molecule has 1 heterocycles. The minimum Gasteiger partial charge on any atom is -0.385 e. The van der Waals surface area contributed by atoms with E-state index >= 15 is 0 Å². The van der Waals surface area contributed by atoms with Crippen molar-refractivity contribution in [3.05, 3.63) is 42.7 Å². The van der Waals surface area contributed by atoms with E-state index in [1.54, 1.807) is 13.4 Å². The molecule has 0 aliphatic heterocycles. The largest absolute Gasteiger partial charge is 0.385 e. The molecule has 2 rings (SSSR count). The van der Waals surface area contributed by atoms with Crippen LogP contribution in [0.4, 0.5) is 17.3 Å². The molecular formula is C16H22N4O. The Morgan fingerprint density at radius 3 is 2.71 bits per heavy atom. The summed E-state index contributed by atoms with van der Waals surface area (Å²) in [6.45, 7) is 4.54. The zero-order chi connectivity index (χ0) is 14.9. The maximum atomic E-state index is 5.04. The molecule has 0 spiro atoms. The number of nitrogens with zero attached hydrogens (tertiary/aromatic N) is 3. The molecule has 2 aromatic rings. The van der Waals surface area contributed by atoms with Gasteiger partial charge in [-0.25, -0.2) is 9.97 Å². The van der Waals surface area contributed by atoms with Crippen molar-refractivity contribution >= 4 is 17.3 Å². The molecule has 112 valence electrons. The van der Waals surface area contributed by atoms with E-state index in [0.29, 0.717) is 0 Å². The second kappa shape index (κ2) is 8.21. The van der Waals surface area contributed by atoms with E-state index in [2.05, 4.69) is 39.2 Å². The third kappa shape index (κ3) is 4.43. The smallest absolute Gasteiger partial charge is 0.138 e. The number of hydrogen-bond acceptors (Lipinski definition) is 5. The van der Waals surface area contributed by atoms with Crippen molar-refractivity contribution in [3.63, 3.8) is 0 Å². The molecular weight excluding hydrogens is 264 g/mol. The number of rotatable bonds is 8. The summed E-state index contributed by atoms with van der Waals surface area (Å²) in [7, 11) is 1.71. The molecule has 0 atom stereocenters. The lowest BCUT2D eigenvalue weighted by Crippen LogP contribution is -2.18. The Labute approximate surface area is 126 Å². The highest BCUT2D eigenvalue weighted by Gasteiger charge is 2.09. The average molecular weight is 286 g/mol. The van der Waals surface area contributed by atoms with Crippen molar-refractivity contribution in [2.24, 2.45) is 0 Å². The van der Waals surface area contributed by atoms with Gasteiger partial charge in [0.2, 0.25) is 0 Å². The van der Waals surface area contributed by atoms with Crippen LogP contribution in [-0.2, 0) is 4.74 Å². The number of aromatic nitrogens is 2. The fourth-order valence-electron chi connectivity index (χ4n) is 2.11. The van der Waals surface area contributed by atoms with Gasteiger partial charge in [-0.2, -0.15) is 0 Å². The van der Waals surface area contributed by atoms with Crippen LogP contribution in [0, 0.1) is 0 Å². The zero-order valence-electron chi connectivity index (χ0n) is 12.6. The first-order chi connectivity index (χ1) is 10.3. The summed E-state index contributed by atoms with van der Waals surface area (Å²) in [5.74, 6) is 1.73. The Bertz CT molecular complexity index is 533. The van der Waals surface area contributed by atoms with Crippen LogP contribution in [0.5, 0.6) is 0 Å². The lowest BCUT2D eigenvalue weighted by molar-refractivity contribution is 0.198. The highest BCUT2D eigenvalue weighted by molar-refractivity contribution is 5.61. The molecule has 5 heteroatoms. The highest BCUT2D eigenvalue weighted by atomic mass is 16.5. The van der Waals surface area contributed by atoms with E-state index < -0.39 is 0 Å². The summed E-state index contributed by atoms with van der Waals surface area (Å²) < 4.78 is 5.04. The van der Waals surface area contributed by atoms with Crippen LogP contribution >= 0.6 is 0 Å². The Balaban J connectivity index is 2.08. The first-order valence-electron chi connectivity index (χ1n) is 7.22. The van der Waals surface area contributed by atoms with Gasteiger partial charge < -0.3 is 15.0 Å². The number of para-hydroxylation sites is 1. The van der Waals surface area contributed by atoms with E-state index in [9.17, 15) is 0 Å². The Kier molecular flexibility index (Phi) is 5.97. The van der Waals surface area contributed by atoms with Crippen molar-refractivity contribution in [2.75, 3.05) is 37.0 Å². The van der Waals surface area contributed by atoms with Gasteiger partial charge in [-0.1, -0.05) is 18.2 Å². The lowest BCUT2D eigenvalue weighted by atomic mass is 10.3. The van der Waals surface area contributed by atoms with E-state index in [4.69, 9.17) is 4.74 Å². The maximum absolute atomic E-state index is 5.04. The number of nitrogens with one attached hydrogen (secondary N) is 1. The summed E-state index contributed by atoms with van der Waals surface area (Å²) in [6, 6.07) is 12.2. The van der Waals surface area contributed by atoms with Crippen LogP contribution in [0.2, 0.25) is 0 Å². The molecule has 21 heavy (non-hydrogen) atoms. The Morgan fingerprint density at radius 2 is 2.00 bits per heavy atom. The Morgan fingerprint density at radius 1 is 1.19 bits per heavy atom. The number of benzene rings is 1. The molecule has 0 saturated heterocycles. The minimum atomic E-state index is 0.746. The highest BCUT2D eigenvalue weighted by Crippen LogP contribution is 2.23. The van der Waals surface area contributed by atoms with E-state index in [0.717, 1.165) is 43.4 Å². The topological polar surface area (TPSA) is 50.3 Å². The van der Waals surface area contributed by atoms with Gasteiger partial charge in [-0.05, 0) is 25.5 Å². The molecule has 1 aromatic heterocycles. The molecule has 0 saturated carbocycles. The molecule has 0 aliphatic rings. The minimum absolute atomic E-state index is 0.746. The van der Waals surface area contributed by atoms with Crippen LogP contribution in [-0.4, -0.2) is 36.8 Å². The van der Waals surface area contributed by atoms with Crippen molar-refractivity contribution in [3.8, 4) is 0 Å². The first-order valence-corrected chi connectivity index (χ1v) is 7.22. The molecule has 0 amide bonds. The number of hydrogen-bond donors (Lipinski definition) is 1. The molecule has 0 radical (unpaired) electrons. The van der Waals surface area contributed by atoms with Crippen molar-refractivity contribution in [1.29, 1.82) is 0 Å². The van der Waals surface area contributed by atoms with Gasteiger partial charge in [-0.3, -0.25) is 0 Å². The van der Waals surface area contributed by atoms with E-state index in [-0.39, 0.29) is 0 Å². The van der Waals surface area contributed by atoms with Gasteiger partial charge >= 0.3 is 0 Å². The second-order valence-electron chi connectivity index (χ2n) is 4.61. The molecule has 0 bridgehead atoms. The molecule has 0 aliphatic carbocycles. The molecule has 0 unspecified atom stereocenters. The monoisotopic (exact) mass is 286 g/mol. The third-order valence-corrected chi connectivity index (χ3v) is 3.14. The molecule has 1 aromatic carbocycles. The second-order valence-corrected chi connectivity index (χ2v) is 4.61. The van der Waals surface area contributed by atoms with Gasteiger partial charge in [0, 0.05) is 38.6 Å². The summed E-state index contributed by atoms with van der Waals surface area (Å²) in [6.07, 6.45) is 2.55. The van der Waals surface area contributed by atoms with Crippen LogP contribution in [0.15, 0.2) is 42.7 Å². The van der Waals surface area contributed by atoms with Crippen molar-refractivity contribution in [2.45, 2.75) is 13.3 Å². The summed E-state index contributed by atoms with van der Waals surface area (Å²) in [5, 5.41) is 3.29. The van der Waals surface area contributed by atoms with E-state index in [1.807, 2.05) is 24.3 Å². The first kappa shape index (κ1) is 15.3. The van der Waals surface area contributed by atoms with Gasteiger partial charge in [-0.15, -0.1) is 0 Å². The van der Waals surface area contributed by atoms with Crippen LogP contribution in [0.25, 0.3) is 0 Å². The summed E-state index contributed by atoms with van der Waals surface area (Å²) in [4.78, 5) is 10.8. The maximum Gasteiger partial charge on any atom is 0.138 e. The predicted molar refractivity (Wildman–Crippen MR) is 86.1 cm³/mol. The van der Waals surface area contributed by atoms with Gasteiger partial charge in [0.25, 0.3) is 0 Å². The Hall–Kier alpha value is -2.14. The predicted octanol–water partition coefficient (Wildman–Crippen LogP) is 3.08. The number of anilines is 3. The van der Waals surface area contributed by atoms with Crippen LogP contribution < -0.4 is 10.2 Å². The molecule has 5 nitrogen and oxygen atoms in total. The zero-order valence-corrected chi connectivity index (χ0v) is 12.6. The van der Waals surface area contributed by atoms with Crippen molar-refractivity contribution < 1.29 is 4.74 Å². The van der Waals surface area contributed by atoms with Gasteiger partial charge in [0.1, 0.15) is 18.0 Å². The van der Waals surface area contributed by atoms with Crippen LogP contribution in [0.1, 0.15) is 13.3 Å². The fraction of sp³-hybridized carbons (Fsp3) is 0.375.